The number of amides is 2. The van der Waals surface area contributed by atoms with Crippen molar-refractivity contribution in [2.24, 2.45) is 0 Å². The molecule has 2 rings (SSSR count). The molecule has 1 aromatic heterocycles. The van der Waals surface area contributed by atoms with Crippen LogP contribution >= 0.6 is 11.6 Å². The van der Waals surface area contributed by atoms with Crippen LogP contribution in [0.5, 0.6) is 0 Å². The van der Waals surface area contributed by atoms with Gasteiger partial charge in [0.15, 0.2) is 0 Å². The molecule has 1 heterocycles. The monoisotopic (exact) mass is 326 g/mol. The Morgan fingerprint density at radius 1 is 1.32 bits per heavy atom. The number of aliphatic hydroxyl groups is 1. The van der Waals surface area contributed by atoms with Crippen LogP contribution in [0, 0.1) is 5.82 Å². The Morgan fingerprint density at radius 2 is 2.09 bits per heavy atom. The number of hydrogen-bond donors (Lipinski definition) is 3. The zero-order chi connectivity index (χ0) is 16.1. The van der Waals surface area contributed by atoms with Crippen molar-refractivity contribution in [3.05, 3.63) is 53.2 Å². The summed E-state index contributed by atoms with van der Waals surface area (Å²) >= 11 is 5.57. The molecule has 6 nitrogen and oxygen atoms in total. The molecular formula is C14H12ClFN2O4. The first-order valence-electron chi connectivity index (χ1n) is 6.23. The van der Waals surface area contributed by atoms with Crippen molar-refractivity contribution >= 4 is 29.1 Å². The van der Waals surface area contributed by atoms with Gasteiger partial charge in [-0.15, -0.1) is 0 Å². The number of aliphatic hydroxyl groups excluding tert-OH is 1. The lowest BCUT2D eigenvalue weighted by atomic mass is 10.2. The second kappa shape index (κ2) is 7.06. The molecule has 2 amide bonds. The van der Waals surface area contributed by atoms with Crippen molar-refractivity contribution in [1.82, 2.24) is 5.32 Å². The summed E-state index contributed by atoms with van der Waals surface area (Å²) in [6.45, 7) is -0.191. The molecule has 0 aliphatic carbocycles. The van der Waals surface area contributed by atoms with Gasteiger partial charge in [-0.1, -0.05) is 11.6 Å². The average Bonchev–Trinajstić information content (AvgIpc) is 3.02. The van der Waals surface area contributed by atoms with Crippen LogP contribution in [0.2, 0.25) is 5.02 Å². The van der Waals surface area contributed by atoms with Crippen LogP contribution in [0.4, 0.5) is 10.1 Å². The van der Waals surface area contributed by atoms with Gasteiger partial charge in [0.05, 0.1) is 17.8 Å². The van der Waals surface area contributed by atoms with Crippen LogP contribution < -0.4 is 10.6 Å². The fourth-order valence-corrected chi connectivity index (χ4v) is 1.79. The van der Waals surface area contributed by atoms with E-state index < -0.39 is 23.7 Å². The topological polar surface area (TPSA) is 91.6 Å². The van der Waals surface area contributed by atoms with Crippen molar-refractivity contribution < 1.29 is 23.5 Å². The third kappa shape index (κ3) is 4.06. The van der Waals surface area contributed by atoms with Gasteiger partial charge in [0.1, 0.15) is 17.7 Å². The quantitative estimate of drug-likeness (QED) is 0.748. The Morgan fingerprint density at radius 3 is 2.73 bits per heavy atom. The summed E-state index contributed by atoms with van der Waals surface area (Å²) in [6.07, 6.45) is 0.317. The van der Waals surface area contributed by atoms with Crippen LogP contribution in [0.15, 0.2) is 41.0 Å². The zero-order valence-corrected chi connectivity index (χ0v) is 11.9. The molecule has 0 saturated heterocycles. The summed E-state index contributed by atoms with van der Waals surface area (Å²) in [5.74, 6) is -2.28. The van der Waals surface area contributed by atoms with E-state index in [-0.39, 0.29) is 23.0 Å². The van der Waals surface area contributed by atoms with Gasteiger partial charge in [-0.3, -0.25) is 9.59 Å². The summed E-state index contributed by atoms with van der Waals surface area (Å²) in [5.41, 5.74) is 0.179. The van der Waals surface area contributed by atoms with Crippen LogP contribution in [0.25, 0.3) is 0 Å². The Bertz CT molecular complexity index is 675. The van der Waals surface area contributed by atoms with Crippen molar-refractivity contribution in [2.45, 2.75) is 6.10 Å². The number of nitrogens with one attached hydrogen (secondary N) is 2. The molecule has 0 saturated carbocycles. The van der Waals surface area contributed by atoms with Crippen LogP contribution in [-0.2, 0) is 9.59 Å². The fraction of sp³-hybridized carbons (Fsp3) is 0.143. The van der Waals surface area contributed by atoms with Gasteiger partial charge < -0.3 is 20.2 Å². The molecule has 0 aliphatic heterocycles. The van der Waals surface area contributed by atoms with E-state index in [1.54, 1.807) is 6.07 Å². The van der Waals surface area contributed by atoms with Crippen LogP contribution in [-0.4, -0.2) is 23.5 Å². The number of hydrogen-bond acceptors (Lipinski definition) is 4. The van der Waals surface area contributed by atoms with Crippen molar-refractivity contribution in [3.63, 3.8) is 0 Å². The summed E-state index contributed by atoms with van der Waals surface area (Å²) < 4.78 is 17.9. The Hall–Kier alpha value is -2.38. The molecule has 8 heteroatoms. The van der Waals surface area contributed by atoms with E-state index in [0.29, 0.717) is 0 Å². The first-order chi connectivity index (χ1) is 10.5. The van der Waals surface area contributed by atoms with E-state index in [1.807, 2.05) is 0 Å². The molecule has 0 spiro atoms. The van der Waals surface area contributed by atoms with Crippen molar-refractivity contribution in [1.29, 1.82) is 0 Å². The van der Waals surface area contributed by atoms with E-state index >= 15 is 0 Å². The number of rotatable bonds is 4. The molecular weight excluding hydrogens is 315 g/mol. The average molecular weight is 327 g/mol. The molecule has 3 N–H and O–H groups in total. The molecule has 116 valence electrons. The van der Waals surface area contributed by atoms with Gasteiger partial charge >= 0.3 is 11.8 Å². The number of halogens is 2. The minimum absolute atomic E-state index is 0.175. The Kier molecular flexibility index (Phi) is 5.13. The van der Waals surface area contributed by atoms with Gasteiger partial charge in [0.2, 0.25) is 0 Å². The molecule has 1 unspecified atom stereocenters. The lowest BCUT2D eigenvalue weighted by Crippen LogP contribution is -2.37. The summed E-state index contributed by atoms with van der Waals surface area (Å²) in [7, 11) is 0. The van der Waals surface area contributed by atoms with E-state index in [1.165, 1.54) is 24.5 Å². The molecule has 0 bridgehead atoms. The largest absolute Gasteiger partial charge is 0.467 e. The summed E-state index contributed by atoms with van der Waals surface area (Å²) in [4.78, 5) is 23.2. The molecule has 2 aromatic rings. The van der Waals surface area contributed by atoms with E-state index in [0.717, 1.165) is 6.07 Å². The number of furan rings is 1. The highest BCUT2D eigenvalue weighted by atomic mass is 35.5. The van der Waals surface area contributed by atoms with E-state index in [2.05, 4.69) is 10.6 Å². The van der Waals surface area contributed by atoms with Crippen LogP contribution in [0.3, 0.4) is 0 Å². The highest BCUT2D eigenvalue weighted by Gasteiger charge is 2.17. The first-order valence-corrected chi connectivity index (χ1v) is 6.61. The summed E-state index contributed by atoms with van der Waals surface area (Å²) in [6, 6.07) is 6.64. The highest BCUT2D eigenvalue weighted by Crippen LogP contribution is 2.19. The van der Waals surface area contributed by atoms with Crippen molar-refractivity contribution in [3.8, 4) is 0 Å². The second-order valence-electron chi connectivity index (χ2n) is 4.32. The lowest BCUT2D eigenvalue weighted by Gasteiger charge is -2.10. The maximum atomic E-state index is 13.0. The van der Waals surface area contributed by atoms with Crippen molar-refractivity contribution in [2.75, 3.05) is 11.9 Å². The Labute approximate surface area is 129 Å². The third-order valence-corrected chi connectivity index (χ3v) is 3.00. The van der Waals surface area contributed by atoms with Gasteiger partial charge in [0.25, 0.3) is 0 Å². The molecule has 1 atom stereocenters. The Balaban J connectivity index is 1.86. The molecule has 0 aliphatic rings. The fourth-order valence-electron chi connectivity index (χ4n) is 1.61. The molecule has 1 aromatic carbocycles. The molecule has 0 radical (unpaired) electrons. The third-order valence-electron chi connectivity index (χ3n) is 2.71. The van der Waals surface area contributed by atoms with Gasteiger partial charge in [-0.25, -0.2) is 4.39 Å². The highest BCUT2D eigenvalue weighted by molar-refractivity contribution is 6.39. The normalized spacial score (nSPS) is 11.8. The standard InChI is InChI=1S/C14H12ClFN2O4/c15-9-6-8(3-4-10(9)16)18-14(21)13(20)17-7-11(19)12-2-1-5-22-12/h1-6,11,19H,7H2,(H,17,20)(H,18,21). The number of carbonyl (C=O) groups is 2. The van der Waals surface area contributed by atoms with Gasteiger partial charge in [-0.2, -0.15) is 0 Å². The second-order valence-corrected chi connectivity index (χ2v) is 4.73. The predicted octanol–water partition coefficient (Wildman–Crippen LogP) is 1.86. The minimum atomic E-state index is -1.06. The van der Waals surface area contributed by atoms with Gasteiger partial charge in [-0.05, 0) is 30.3 Å². The van der Waals surface area contributed by atoms with Crippen LogP contribution in [0.1, 0.15) is 11.9 Å². The number of benzene rings is 1. The first kappa shape index (κ1) is 16.0. The molecule has 22 heavy (non-hydrogen) atoms. The lowest BCUT2D eigenvalue weighted by molar-refractivity contribution is -0.136. The zero-order valence-electron chi connectivity index (χ0n) is 11.2. The summed E-state index contributed by atoms with van der Waals surface area (Å²) in [5, 5.41) is 14.0. The van der Waals surface area contributed by atoms with Gasteiger partial charge in [0, 0.05) is 5.69 Å². The maximum Gasteiger partial charge on any atom is 0.313 e. The number of anilines is 1. The smallest absolute Gasteiger partial charge is 0.313 e. The molecule has 0 fully saturated rings. The SMILES string of the molecule is O=C(NCC(O)c1ccco1)C(=O)Nc1ccc(F)c(Cl)c1. The number of carbonyl (C=O) groups excluding carboxylic acids is 2. The maximum absolute atomic E-state index is 13.0. The minimum Gasteiger partial charge on any atom is -0.467 e. The van der Waals surface area contributed by atoms with E-state index in [4.69, 9.17) is 16.0 Å². The predicted molar refractivity (Wildman–Crippen MR) is 76.7 cm³/mol. The van der Waals surface area contributed by atoms with E-state index in [9.17, 15) is 19.1 Å².